The van der Waals surface area contributed by atoms with Crippen LogP contribution in [0.5, 0.6) is 11.5 Å². The van der Waals surface area contributed by atoms with Crippen LogP contribution in [0.1, 0.15) is 27.5 Å². The van der Waals surface area contributed by atoms with Crippen LogP contribution in [0.25, 0.3) is 22.2 Å². The van der Waals surface area contributed by atoms with E-state index < -0.39 is 0 Å². The third-order valence-electron chi connectivity index (χ3n) is 6.47. The van der Waals surface area contributed by atoms with E-state index >= 15 is 0 Å². The summed E-state index contributed by atoms with van der Waals surface area (Å²) in [5.41, 5.74) is 5.75. The van der Waals surface area contributed by atoms with E-state index in [1.54, 1.807) is 14.2 Å². The van der Waals surface area contributed by atoms with Crippen molar-refractivity contribution in [1.82, 2.24) is 9.47 Å². The molecule has 1 aliphatic rings. The van der Waals surface area contributed by atoms with Crippen LogP contribution in [-0.4, -0.2) is 42.0 Å². The summed E-state index contributed by atoms with van der Waals surface area (Å²) in [5, 5.41) is 1.09. The molecule has 1 amide bonds. The van der Waals surface area contributed by atoms with Gasteiger partial charge in [0.05, 0.1) is 26.0 Å². The lowest BCUT2D eigenvalue weighted by atomic mass is 9.92. The van der Waals surface area contributed by atoms with Crippen molar-refractivity contribution in [2.24, 2.45) is 7.05 Å². The van der Waals surface area contributed by atoms with Crippen molar-refractivity contribution in [3.63, 3.8) is 0 Å². The molecule has 0 radical (unpaired) electrons. The van der Waals surface area contributed by atoms with Crippen molar-refractivity contribution < 1.29 is 14.3 Å². The van der Waals surface area contributed by atoms with Crippen LogP contribution in [0.15, 0.2) is 66.7 Å². The molecular formula is C27H25ClN2O3. The number of aryl methyl sites for hydroxylation is 1. The second kappa shape index (κ2) is 8.49. The number of carbonyl (C=O) groups is 1. The largest absolute Gasteiger partial charge is 0.497 e. The summed E-state index contributed by atoms with van der Waals surface area (Å²) in [6, 6.07) is 21.7. The number of fused-ring (bicyclic) bond motifs is 2. The molecule has 0 saturated heterocycles. The lowest BCUT2D eigenvalue weighted by Gasteiger charge is -2.26. The van der Waals surface area contributed by atoms with Gasteiger partial charge in [-0.3, -0.25) is 4.79 Å². The standard InChI is InChI=1S/C27H25ClN2O3/c1-29-22-11-7-6-10-20(22)24(25(29)21-16-17(32-2)12-13-23(21)33-3)26-18-8-4-5-9-19(18)27(31)30(26)15-14-28/h4-13,16,26H,14-15H2,1-3H3. The quantitative estimate of drug-likeness (QED) is 0.349. The van der Waals surface area contributed by atoms with Gasteiger partial charge < -0.3 is 18.9 Å². The summed E-state index contributed by atoms with van der Waals surface area (Å²) in [6.07, 6.45) is 0. The fourth-order valence-corrected chi connectivity index (χ4v) is 5.21. The van der Waals surface area contributed by atoms with E-state index in [9.17, 15) is 4.79 Å². The monoisotopic (exact) mass is 460 g/mol. The second-order valence-corrected chi connectivity index (χ2v) is 8.46. The smallest absolute Gasteiger partial charge is 0.255 e. The first-order chi connectivity index (χ1) is 16.1. The molecule has 33 heavy (non-hydrogen) atoms. The number of ether oxygens (including phenoxy) is 2. The van der Waals surface area contributed by atoms with E-state index in [4.69, 9.17) is 21.1 Å². The van der Waals surface area contributed by atoms with Gasteiger partial charge in [-0.05, 0) is 35.9 Å². The van der Waals surface area contributed by atoms with Crippen molar-refractivity contribution >= 4 is 28.4 Å². The van der Waals surface area contributed by atoms with Gasteiger partial charge in [0.1, 0.15) is 11.5 Å². The number of amides is 1. The van der Waals surface area contributed by atoms with Crippen LogP contribution < -0.4 is 9.47 Å². The number of methoxy groups -OCH3 is 2. The fraction of sp³-hybridized carbons (Fsp3) is 0.222. The van der Waals surface area contributed by atoms with Gasteiger partial charge in [-0.1, -0.05) is 36.4 Å². The Kier molecular flexibility index (Phi) is 5.51. The predicted molar refractivity (Wildman–Crippen MR) is 132 cm³/mol. The third-order valence-corrected chi connectivity index (χ3v) is 6.63. The number of benzene rings is 3. The molecule has 0 fully saturated rings. The Bertz CT molecular complexity index is 1360. The Labute approximate surface area is 198 Å². The molecule has 2 heterocycles. The highest BCUT2D eigenvalue weighted by molar-refractivity contribution is 6.18. The maximum Gasteiger partial charge on any atom is 0.255 e. The first-order valence-electron chi connectivity index (χ1n) is 10.9. The van der Waals surface area contributed by atoms with Crippen LogP contribution in [0.4, 0.5) is 0 Å². The zero-order valence-electron chi connectivity index (χ0n) is 18.8. The van der Waals surface area contributed by atoms with Crippen molar-refractivity contribution in [3.8, 4) is 22.8 Å². The van der Waals surface area contributed by atoms with Crippen molar-refractivity contribution in [3.05, 3.63) is 83.4 Å². The van der Waals surface area contributed by atoms with E-state index in [-0.39, 0.29) is 11.9 Å². The summed E-state index contributed by atoms with van der Waals surface area (Å²) in [6.45, 7) is 0.456. The second-order valence-electron chi connectivity index (χ2n) is 8.08. The molecule has 0 N–H and O–H groups in total. The van der Waals surface area contributed by atoms with Crippen LogP contribution in [0, 0.1) is 0 Å². The third kappa shape index (κ3) is 3.26. The SMILES string of the molecule is COc1ccc(OC)c(-c2c(C3c4ccccc4C(=O)N3CCCl)c3ccccc3n2C)c1. The molecule has 1 aliphatic heterocycles. The molecule has 1 aromatic heterocycles. The average Bonchev–Trinajstić information content (AvgIpc) is 3.30. The van der Waals surface area contributed by atoms with Crippen LogP contribution in [0.2, 0.25) is 0 Å². The van der Waals surface area contributed by atoms with Gasteiger partial charge in [0.2, 0.25) is 0 Å². The summed E-state index contributed by atoms with van der Waals surface area (Å²) in [7, 11) is 5.37. The fourth-order valence-electron chi connectivity index (χ4n) is 5.03. The van der Waals surface area contributed by atoms with E-state index in [0.717, 1.165) is 50.3 Å². The predicted octanol–water partition coefficient (Wildman–Crippen LogP) is 5.65. The molecule has 4 aromatic rings. The number of rotatable bonds is 6. The number of hydrogen-bond acceptors (Lipinski definition) is 3. The average molecular weight is 461 g/mol. The Morgan fingerprint density at radius 2 is 1.70 bits per heavy atom. The van der Waals surface area contributed by atoms with Crippen LogP contribution in [-0.2, 0) is 7.05 Å². The number of hydrogen-bond donors (Lipinski definition) is 0. The highest BCUT2D eigenvalue weighted by Gasteiger charge is 2.40. The van der Waals surface area contributed by atoms with Crippen molar-refractivity contribution in [2.45, 2.75) is 6.04 Å². The first-order valence-corrected chi connectivity index (χ1v) is 11.4. The van der Waals surface area contributed by atoms with E-state index in [0.29, 0.717) is 12.4 Å². The maximum absolute atomic E-state index is 13.4. The minimum atomic E-state index is -0.260. The highest BCUT2D eigenvalue weighted by Crippen LogP contribution is 2.48. The summed E-state index contributed by atoms with van der Waals surface area (Å²) >= 11 is 6.17. The van der Waals surface area contributed by atoms with Gasteiger partial charge in [0.25, 0.3) is 5.91 Å². The van der Waals surface area contributed by atoms with Crippen molar-refractivity contribution in [2.75, 3.05) is 26.6 Å². The molecule has 1 atom stereocenters. The van der Waals surface area contributed by atoms with Gasteiger partial charge in [0, 0.05) is 47.1 Å². The highest BCUT2D eigenvalue weighted by atomic mass is 35.5. The van der Waals surface area contributed by atoms with Gasteiger partial charge in [-0.2, -0.15) is 0 Å². The van der Waals surface area contributed by atoms with Gasteiger partial charge in [-0.25, -0.2) is 0 Å². The minimum Gasteiger partial charge on any atom is -0.497 e. The Morgan fingerprint density at radius 1 is 0.939 bits per heavy atom. The van der Waals surface area contributed by atoms with Crippen LogP contribution in [0.3, 0.4) is 0 Å². The molecule has 3 aromatic carbocycles. The molecule has 168 valence electrons. The number of aromatic nitrogens is 1. The molecule has 1 unspecified atom stereocenters. The van der Waals surface area contributed by atoms with E-state index in [1.165, 1.54) is 0 Å². The van der Waals surface area contributed by atoms with Crippen molar-refractivity contribution in [1.29, 1.82) is 0 Å². The van der Waals surface area contributed by atoms with E-state index in [1.807, 2.05) is 59.5 Å². The molecule has 0 saturated carbocycles. The van der Waals surface area contributed by atoms with Gasteiger partial charge in [-0.15, -0.1) is 11.6 Å². The number of nitrogens with zero attached hydrogens (tertiary/aromatic N) is 2. The molecular weight excluding hydrogens is 436 g/mol. The number of para-hydroxylation sites is 1. The molecule has 5 rings (SSSR count). The molecule has 0 spiro atoms. The zero-order valence-corrected chi connectivity index (χ0v) is 19.6. The maximum atomic E-state index is 13.4. The molecule has 5 nitrogen and oxygen atoms in total. The molecule has 6 heteroatoms. The molecule has 0 aliphatic carbocycles. The van der Waals surface area contributed by atoms with E-state index in [2.05, 4.69) is 23.7 Å². The van der Waals surface area contributed by atoms with Crippen LogP contribution >= 0.6 is 11.6 Å². The Hall–Kier alpha value is -3.44. The lowest BCUT2D eigenvalue weighted by Crippen LogP contribution is -2.30. The Balaban J connectivity index is 1.88. The van der Waals surface area contributed by atoms with Gasteiger partial charge >= 0.3 is 0 Å². The summed E-state index contributed by atoms with van der Waals surface area (Å²) in [5.74, 6) is 1.85. The number of halogens is 1. The zero-order chi connectivity index (χ0) is 23.1. The Morgan fingerprint density at radius 3 is 2.45 bits per heavy atom. The number of carbonyl (C=O) groups excluding carboxylic acids is 1. The summed E-state index contributed by atoms with van der Waals surface area (Å²) < 4.78 is 13.5. The first kappa shape index (κ1) is 21.4. The lowest BCUT2D eigenvalue weighted by molar-refractivity contribution is 0.0762. The minimum absolute atomic E-state index is 0.00717. The summed E-state index contributed by atoms with van der Waals surface area (Å²) in [4.78, 5) is 15.3. The number of alkyl halides is 1. The van der Waals surface area contributed by atoms with Gasteiger partial charge in [0.15, 0.2) is 0 Å². The molecule has 0 bridgehead atoms. The normalized spacial score (nSPS) is 15.2. The topological polar surface area (TPSA) is 43.7 Å².